The van der Waals surface area contributed by atoms with Crippen molar-refractivity contribution in [2.45, 2.75) is 0 Å². The Morgan fingerprint density at radius 1 is 0.917 bits per heavy atom. The summed E-state index contributed by atoms with van der Waals surface area (Å²) in [7, 11) is -0.613. The predicted octanol–water partition coefficient (Wildman–Crippen LogP) is 2.91. The first kappa shape index (κ1) is 17.8. The van der Waals surface area contributed by atoms with Crippen molar-refractivity contribution >= 4 is 30.2 Å². The summed E-state index contributed by atoms with van der Waals surface area (Å²) in [5, 5.41) is 3.28. The Bertz CT molecular complexity index is 770. The summed E-state index contributed by atoms with van der Waals surface area (Å²) >= 11 is 0. The number of nitrogens with one attached hydrogen (secondary N) is 1. The molecule has 2 rings (SSSR count). The minimum Gasteiger partial charge on any atom is -0.465 e. The quantitative estimate of drug-likeness (QED) is 0.662. The molecular weight excluding hydrogens is 329 g/mol. The molecule has 0 aliphatic carbocycles. The van der Waals surface area contributed by atoms with Crippen LogP contribution in [0, 0.1) is 0 Å². The lowest BCUT2D eigenvalue weighted by Gasteiger charge is -2.18. The third-order valence-corrected chi connectivity index (χ3v) is 5.30. The Hall–Kier alpha value is -2.59. The molecule has 1 unspecified atom stereocenters. The lowest BCUT2D eigenvalue weighted by atomic mass is 10.1. The van der Waals surface area contributed by atoms with Crippen LogP contribution in [0.2, 0.25) is 0 Å². The zero-order valence-corrected chi connectivity index (χ0v) is 14.5. The van der Waals surface area contributed by atoms with Crippen LogP contribution in [0.15, 0.2) is 48.5 Å². The van der Waals surface area contributed by atoms with Gasteiger partial charge in [0.15, 0.2) is 7.29 Å². The van der Waals surface area contributed by atoms with Gasteiger partial charge >= 0.3 is 11.9 Å². The lowest BCUT2D eigenvalue weighted by molar-refractivity contribution is 0.0599. The number of anilines is 1. The molecule has 0 spiro atoms. The monoisotopic (exact) mass is 347 g/mol. The number of para-hydroxylation sites is 1. The third-order valence-electron chi connectivity index (χ3n) is 3.37. The predicted molar refractivity (Wildman–Crippen MR) is 92.4 cm³/mol. The van der Waals surface area contributed by atoms with E-state index in [0.717, 1.165) is 0 Å². The summed E-state index contributed by atoms with van der Waals surface area (Å²) in [5.74, 6) is -1.25. The molecule has 0 radical (unpaired) electrons. The van der Waals surface area contributed by atoms with Crippen LogP contribution in [0.5, 0.6) is 0 Å². The molecule has 6 nitrogen and oxygen atoms in total. The first-order valence-electron chi connectivity index (χ1n) is 7.10. The molecule has 0 aliphatic heterocycles. The molecule has 2 aromatic carbocycles. The fourth-order valence-corrected chi connectivity index (χ4v) is 3.69. The summed E-state index contributed by atoms with van der Waals surface area (Å²) in [5.41, 5.74) is 0.936. The number of benzene rings is 2. The summed E-state index contributed by atoms with van der Waals surface area (Å²) in [6.45, 7) is 1.53. The molecule has 7 heteroatoms. The van der Waals surface area contributed by atoms with Crippen LogP contribution in [-0.4, -0.2) is 32.8 Å². The van der Waals surface area contributed by atoms with Crippen LogP contribution in [0.25, 0.3) is 0 Å². The highest BCUT2D eigenvalue weighted by molar-refractivity contribution is 7.72. The normalized spacial score (nSPS) is 12.8. The Labute approximate surface area is 140 Å². The van der Waals surface area contributed by atoms with Gasteiger partial charge in [0.2, 0.25) is 0 Å². The van der Waals surface area contributed by atoms with E-state index in [1.165, 1.54) is 39.1 Å². The smallest absolute Gasteiger partial charge is 0.337 e. The van der Waals surface area contributed by atoms with Crippen molar-refractivity contribution in [1.29, 1.82) is 0 Å². The van der Waals surface area contributed by atoms with Crippen LogP contribution in [0.3, 0.4) is 0 Å². The molecule has 0 heterocycles. The summed E-state index contributed by atoms with van der Waals surface area (Å²) in [6.07, 6.45) is 0. The van der Waals surface area contributed by atoms with Gasteiger partial charge in [-0.05, 0) is 30.3 Å². The minimum absolute atomic E-state index is 0.132. The van der Waals surface area contributed by atoms with Gasteiger partial charge in [-0.25, -0.2) is 9.59 Å². The number of hydrogen-bond donors (Lipinski definition) is 1. The number of carbonyl (C=O) groups excluding carboxylic acids is 2. The first-order valence-corrected chi connectivity index (χ1v) is 9.26. The van der Waals surface area contributed by atoms with E-state index in [-0.39, 0.29) is 11.1 Å². The number of methoxy groups -OCH3 is 2. The molecule has 0 aromatic heterocycles. The van der Waals surface area contributed by atoms with E-state index >= 15 is 0 Å². The highest BCUT2D eigenvalue weighted by Crippen LogP contribution is 2.40. The third kappa shape index (κ3) is 4.03. The number of ether oxygens (including phenoxy) is 2. The second-order valence-electron chi connectivity index (χ2n) is 5.15. The van der Waals surface area contributed by atoms with Crippen molar-refractivity contribution in [3.05, 3.63) is 59.7 Å². The van der Waals surface area contributed by atoms with E-state index in [1.54, 1.807) is 12.1 Å². The second-order valence-corrected chi connectivity index (χ2v) is 7.74. The van der Waals surface area contributed by atoms with Crippen molar-refractivity contribution < 1.29 is 23.6 Å². The van der Waals surface area contributed by atoms with E-state index in [1.807, 2.05) is 18.2 Å². The molecule has 0 aliphatic rings. The van der Waals surface area contributed by atoms with Gasteiger partial charge in [0.05, 0.1) is 25.3 Å². The van der Waals surface area contributed by atoms with E-state index < -0.39 is 19.2 Å². The maximum absolute atomic E-state index is 13.1. The molecule has 1 atom stereocenters. The molecule has 126 valence electrons. The number of carbonyl (C=O) groups is 2. The molecule has 2 aromatic rings. The van der Waals surface area contributed by atoms with Crippen LogP contribution in [0.1, 0.15) is 20.7 Å². The molecule has 0 bridgehead atoms. The van der Waals surface area contributed by atoms with Crippen molar-refractivity contribution in [2.75, 3.05) is 26.0 Å². The van der Waals surface area contributed by atoms with Crippen LogP contribution >= 0.6 is 7.29 Å². The topological polar surface area (TPSA) is 81.7 Å². The lowest BCUT2D eigenvalue weighted by Crippen LogP contribution is -2.17. The maximum atomic E-state index is 13.1. The zero-order valence-electron chi connectivity index (χ0n) is 13.6. The van der Waals surface area contributed by atoms with Crippen molar-refractivity contribution in [1.82, 2.24) is 0 Å². The standard InChI is InChI=1S/C17H18NO5P/c1-22-16(19)12-9-13(17(20)23-2)11-15(10-12)24(3,21)18-14-7-5-4-6-8-14/h4-11H,1-3H3,(H,18,21). The highest BCUT2D eigenvalue weighted by Gasteiger charge is 2.23. The molecule has 1 N–H and O–H groups in total. The molecule has 0 saturated heterocycles. The fraction of sp³-hybridized carbons (Fsp3) is 0.176. The van der Waals surface area contributed by atoms with Gasteiger partial charge < -0.3 is 14.6 Å². The summed E-state index contributed by atoms with van der Waals surface area (Å²) in [4.78, 5) is 23.7. The first-order chi connectivity index (χ1) is 11.4. The summed E-state index contributed by atoms with van der Waals surface area (Å²) in [6, 6.07) is 13.3. The van der Waals surface area contributed by atoms with E-state index in [9.17, 15) is 14.2 Å². The van der Waals surface area contributed by atoms with Crippen LogP contribution in [-0.2, 0) is 14.0 Å². The molecule has 0 fully saturated rings. The van der Waals surface area contributed by atoms with Gasteiger partial charge in [0, 0.05) is 17.7 Å². The van der Waals surface area contributed by atoms with Crippen molar-refractivity contribution in [2.24, 2.45) is 0 Å². The Balaban J connectivity index is 2.49. The molecule has 0 amide bonds. The van der Waals surface area contributed by atoms with Crippen LogP contribution in [0.4, 0.5) is 5.69 Å². The van der Waals surface area contributed by atoms with Crippen molar-refractivity contribution in [3.63, 3.8) is 0 Å². The second kappa shape index (κ2) is 7.32. The average Bonchev–Trinajstić information content (AvgIpc) is 2.60. The van der Waals surface area contributed by atoms with Gasteiger partial charge in [-0.2, -0.15) is 0 Å². The zero-order chi connectivity index (χ0) is 17.7. The molecular formula is C17H18NO5P. The minimum atomic E-state index is -3.09. The Morgan fingerprint density at radius 3 is 1.88 bits per heavy atom. The van der Waals surface area contributed by atoms with E-state index in [2.05, 4.69) is 14.6 Å². The largest absolute Gasteiger partial charge is 0.465 e. The van der Waals surface area contributed by atoms with Gasteiger partial charge in [-0.1, -0.05) is 18.2 Å². The van der Waals surface area contributed by atoms with Crippen molar-refractivity contribution in [3.8, 4) is 0 Å². The maximum Gasteiger partial charge on any atom is 0.337 e. The van der Waals surface area contributed by atoms with E-state index in [4.69, 9.17) is 0 Å². The fourth-order valence-electron chi connectivity index (χ4n) is 2.15. The molecule has 24 heavy (non-hydrogen) atoms. The van der Waals surface area contributed by atoms with Gasteiger partial charge in [-0.3, -0.25) is 4.57 Å². The van der Waals surface area contributed by atoms with Gasteiger partial charge in [0.1, 0.15) is 0 Å². The Morgan fingerprint density at radius 2 is 1.42 bits per heavy atom. The van der Waals surface area contributed by atoms with Gasteiger partial charge in [0.25, 0.3) is 0 Å². The van der Waals surface area contributed by atoms with Crippen LogP contribution < -0.4 is 10.4 Å². The summed E-state index contributed by atoms with van der Waals surface area (Å²) < 4.78 is 22.5. The van der Waals surface area contributed by atoms with Gasteiger partial charge in [-0.15, -0.1) is 0 Å². The molecule has 0 saturated carbocycles. The Kier molecular flexibility index (Phi) is 5.42. The SMILES string of the molecule is COC(=O)c1cc(C(=O)OC)cc(P(C)(=O)Nc2ccccc2)c1. The average molecular weight is 347 g/mol. The number of esters is 2. The number of rotatable bonds is 5. The van der Waals surface area contributed by atoms with E-state index in [0.29, 0.717) is 11.0 Å². The highest BCUT2D eigenvalue weighted by atomic mass is 31.2. The number of hydrogen-bond acceptors (Lipinski definition) is 5.